The first kappa shape index (κ1) is 16.7. The Morgan fingerprint density at radius 2 is 1.85 bits per heavy atom. The van der Waals surface area contributed by atoms with Crippen molar-refractivity contribution in [2.24, 2.45) is 5.92 Å². The lowest BCUT2D eigenvalue weighted by Crippen LogP contribution is -3.15. The highest BCUT2D eigenvalue weighted by Gasteiger charge is 2.39. The Balaban J connectivity index is 1.63. The molecule has 0 saturated carbocycles. The smallest absolute Gasteiger partial charge is 0.219 e. The summed E-state index contributed by atoms with van der Waals surface area (Å²) in [6.07, 6.45) is 2.35. The Hall–Kier alpha value is -2.72. The number of quaternary nitrogens is 1. The van der Waals surface area contributed by atoms with E-state index in [4.69, 9.17) is 0 Å². The van der Waals surface area contributed by atoms with E-state index in [1.54, 1.807) is 0 Å². The molecule has 2 aromatic carbocycles. The number of fused-ring (bicyclic) bond motifs is 1. The fourth-order valence-corrected chi connectivity index (χ4v) is 4.19. The van der Waals surface area contributed by atoms with Crippen molar-refractivity contribution in [1.82, 2.24) is 4.98 Å². The minimum absolute atomic E-state index is 0.0339. The predicted octanol–water partition coefficient (Wildman–Crippen LogP) is 2.59. The van der Waals surface area contributed by atoms with Gasteiger partial charge in [-0.2, -0.15) is 0 Å². The zero-order valence-electron chi connectivity index (χ0n) is 14.9. The van der Waals surface area contributed by atoms with Gasteiger partial charge in [0.15, 0.2) is 0 Å². The number of aromatic amines is 1. The number of hydrogen-bond acceptors (Lipinski definition) is 2. The van der Waals surface area contributed by atoms with Crippen LogP contribution in [0.5, 0.6) is 0 Å². The van der Waals surface area contributed by atoms with Crippen LogP contribution in [0.25, 0.3) is 10.9 Å². The highest BCUT2D eigenvalue weighted by molar-refractivity contribution is 6.08. The summed E-state index contributed by atoms with van der Waals surface area (Å²) in [6.45, 7) is 3.10. The third-order valence-electron chi connectivity index (χ3n) is 5.58. The number of hydrogen-bond donors (Lipinski definition) is 2. The number of piperidine rings is 1. The Labute approximate surface area is 152 Å². The molecule has 2 heterocycles. The van der Waals surface area contributed by atoms with E-state index in [2.05, 4.69) is 17.1 Å². The Morgan fingerprint density at radius 3 is 2.65 bits per heavy atom. The summed E-state index contributed by atoms with van der Waals surface area (Å²) < 4.78 is 0. The molecule has 0 aliphatic carbocycles. The largest absolute Gasteiger partial charge is 0.360 e. The van der Waals surface area contributed by atoms with Crippen LogP contribution in [0.2, 0.25) is 0 Å². The van der Waals surface area contributed by atoms with Gasteiger partial charge in [-0.3, -0.25) is 9.59 Å². The van der Waals surface area contributed by atoms with E-state index >= 15 is 0 Å². The summed E-state index contributed by atoms with van der Waals surface area (Å²) in [5, 5.41) is 0.967. The maximum absolute atomic E-state index is 13.0. The van der Waals surface area contributed by atoms with Gasteiger partial charge in [-0.25, -0.2) is 0 Å². The number of rotatable bonds is 4. The van der Waals surface area contributed by atoms with Crippen LogP contribution < -0.4 is 4.90 Å². The molecular weight excluding hydrogens is 324 g/mol. The van der Waals surface area contributed by atoms with Crippen molar-refractivity contribution in [3.05, 3.63) is 71.9 Å². The summed E-state index contributed by atoms with van der Waals surface area (Å²) in [4.78, 5) is 29.7. The van der Waals surface area contributed by atoms with Gasteiger partial charge < -0.3 is 9.88 Å². The third-order valence-corrected chi connectivity index (χ3v) is 5.58. The number of nitrogens with one attached hydrogen (secondary N) is 2. The summed E-state index contributed by atoms with van der Waals surface area (Å²) in [7, 11) is 0. The second-order valence-electron chi connectivity index (χ2n) is 7.15. The number of aromatic nitrogens is 1. The van der Waals surface area contributed by atoms with Gasteiger partial charge in [-0.1, -0.05) is 48.5 Å². The molecule has 1 aromatic heterocycles. The van der Waals surface area contributed by atoms with Crippen molar-refractivity contribution in [1.29, 1.82) is 0 Å². The van der Waals surface area contributed by atoms with Crippen LogP contribution in [0, 0.1) is 5.92 Å². The predicted molar refractivity (Wildman–Crippen MR) is 101 cm³/mol. The molecule has 4 nitrogen and oxygen atoms in total. The summed E-state index contributed by atoms with van der Waals surface area (Å²) >= 11 is 0. The molecule has 3 atom stereocenters. The molecule has 0 radical (unpaired) electrons. The molecule has 1 fully saturated rings. The van der Waals surface area contributed by atoms with Gasteiger partial charge in [0.1, 0.15) is 18.4 Å². The average Bonchev–Trinajstić information content (AvgIpc) is 3.10. The Kier molecular flexibility index (Phi) is 4.43. The molecule has 1 saturated heterocycles. The van der Waals surface area contributed by atoms with E-state index in [1.165, 1.54) is 4.90 Å². The number of Topliss-reactive ketones (excluding diaryl/α,β-unsaturated/α-hetero) is 2. The molecule has 0 spiro atoms. The van der Waals surface area contributed by atoms with Gasteiger partial charge in [0, 0.05) is 28.2 Å². The van der Waals surface area contributed by atoms with Gasteiger partial charge in [-0.05, 0) is 13.0 Å². The maximum atomic E-state index is 13.0. The first-order chi connectivity index (χ1) is 12.6. The molecule has 2 N–H and O–H groups in total. The lowest BCUT2D eigenvalue weighted by molar-refractivity contribution is -0.929. The number of para-hydroxylation sites is 1. The second-order valence-corrected chi connectivity index (χ2v) is 7.15. The van der Waals surface area contributed by atoms with Crippen LogP contribution in [0.3, 0.4) is 0 Å². The zero-order chi connectivity index (χ0) is 18.1. The zero-order valence-corrected chi connectivity index (χ0v) is 14.9. The maximum Gasteiger partial charge on any atom is 0.219 e. The molecule has 3 aromatic rings. The van der Waals surface area contributed by atoms with Crippen molar-refractivity contribution in [3.63, 3.8) is 0 Å². The Morgan fingerprint density at radius 1 is 1.12 bits per heavy atom. The van der Waals surface area contributed by atoms with E-state index in [-0.39, 0.29) is 17.7 Å². The topological polar surface area (TPSA) is 54.4 Å². The number of likely N-dealkylation sites (tertiary alicyclic amines) is 1. The van der Waals surface area contributed by atoms with Gasteiger partial charge in [-0.15, -0.1) is 0 Å². The molecular formula is C22H23N2O2+. The van der Waals surface area contributed by atoms with Crippen molar-refractivity contribution in [3.8, 4) is 0 Å². The molecule has 0 amide bonds. The lowest BCUT2D eigenvalue weighted by Gasteiger charge is -2.36. The number of carbonyl (C=O) groups is 2. The van der Waals surface area contributed by atoms with E-state index in [1.807, 2.05) is 55.6 Å². The first-order valence-corrected chi connectivity index (χ1v) is 9.16. The monoisotopic (exact) mass is 347 g/mol. The lowest BCUT2D eigenvalue weighted by atomic mass is 9.84. The fourth-order valence-electron chi connectivity index (χ4n) is 4.19. The number of carbonyl (C=O) groups excluding carboxylic acids is 2. The van der Waals surface area contributed by atoms with Crippen molar-refractivity contribution < 1.29 is 14.5 Å². The number of benzene rings is 2. The Bertz CT molecular complexity index is 945. The molecule has 132 valence electrons. The molecule has 4 heteroatoms. The summed E-state index contributed by atoms with van der Waals surface area (Å²) in [6, 6.07) is 18.0. The molecule has 1 aliphatic rings. The van der Waals surface area contributed by atoms with Crippen molar-refractivity contribution >= 4 is 22.5 Å². The molecule has 0 bridgehead atoms. The van der Waals surface area contributed by atoms with Crippen LogP contribution in [0.4, 0.5) is 0 Å². The number of H-pyrrole nitrogens is 1. The summed E-state index contributed by atoms with van der Waals surface area (Å²) in [5.41, 5.74) is 2.85. The van der Waals surface area contributed by atoms with Gasteiger partial charge in [0.25, 0.3) is 0 Å². The minimum atomic E-state index is -0.0723. The summed E-state index contributed by atoms with van der Waals surface area (Å²) in [5.74, 6) is 0.346. The standard InChI is InChI=1S/C22H22N2O2/c1-15-20(25)11-12-24(22(15)16-7-3-2-4-8-16)14-21(26)18-13-23-19-10-6-5-9-17(18)19/h2-10,13,15,22-23H,11-12,14H2,1H3/p+1/t15-,22-/m1/s1. The quantitative estimate of drug-likeness (QED) is 0.713. The SMILES string of the molecule is C[C@@H]1C(=O)CC[NH+](CC(=O)c2c[nH]c3ccccc23)[C@H]1c1ccccc1. The van der Waals surface area contributed by atoms with E-state index in [9.17, 15) is 9.59 Å². The van der Waals surface area contributed by atoms with Crippen molar-refractivity contribution in [2.45, 2.75) is 19.4 Å². The molecule has 1 aliphatic heterocycles. The average molecular weight is 347 g/mol. The van der Waals surface area contributed by atoms with Crippen LogP contribution >= 0.6 is 0 Å². The van der Waals surface area contributed by atoms with E-state index < -0.39 is 0 Å². The van der Waals surface area contributed by atoms with Gasteiger partial charge >= 0.3 is 0 Å². The molecule has 4 rings (SSSR count). The highest BCUT2D eigenvalue weighted by atomic mass is 16.1. The van der Waals surface area contributed by atoms with Crippen molar-refractivity contribution in [2.75, 3.05) is 13.1 Å². The molecule has 1 unspecified atom stereocenters. The van der Waals surface area contributed by atoms with Crippen LogP contribution in [0.15, 0.2) is 60.8 Å². The normalized spacial score (nSPS) is 23.3. The molecule has 26 heavy (non-hydrogen) atoms. The van der Waals surface area contributed by atoms with E-state index in [0.29, 0.717) is 25.3 Å². The van der Waals surface area contributed by atoms with E-state index in [0.717, 1.165) is 22.0 Å². The van der Waals surface area contributed by atoms with Crippen LogP contribution in [-0.4, -0.2) is 29.6 Å². The second kappa shape index (κ2) is 6.89. The fraction of sp³-hybridized carbons (Fsp3) is 0.273. The number of ketones is 2. The van der Waals surface area contributed by atoms with Crippen LogP contribution in [0.1, 0.15) is 35.3 Å². The van der Waals surface area contributed by atoms with Gasteiger partial charge in [0.05, 0.1) is 18.9 Å². The highest BCUT2D eigenvalue weighted by Crippen LogP contribution is 2.24. The van der Waals surface area contributed by atoms with Crippen LogP contribution in [-0.2, 0) is 4.79 Å². The third kappa shape index (κ3) is 2.97. The van der Waals surface area contributed by atoms with Gasteiger partial charge in [0.2, 0.25) is 5.78 Å². The first-order valence-electron chi connectivity index (χ1n) is 9.16. The minimum Gasteiger partial charge on any atom is -0.360 e.